The second-order valence-corrected chi connectivity index (χ2v) is 1.92. The molecule has 0 amide bonds. The molecule has 52 valence electrons. The Hall–Kier alpha value is 0.920. The SMILES string of the molecule is Br.CCN(CC)CBr. The second-order valence-electron chi connectivity index (χ2n) is 1.42. The quantitative estimate of drug-likeness (QED) is 0.546. The third kappa shape index (κ3) is 5.06. The topological polar surface area (TPSA) is 3.24 Å². The molecule has 3 heteroatoms. The van der Waals surface area contributed by atoms with Gasteiger partial charge in [0.05, 0.1) is 5.45 Å². The Morgan fingerprint density at radius 2 is 1.62 bits per heavy atom. The predicted octanol–water partition coefficient (Wildman–Crippen LogP) is 2.26. The average molecular weight is 247 g/mol. The second kappa shape index (κ2) is 7.92. The molecule has 0 aliphatic rings. The van der Waals surface area contributed by atoms with Crippen molar-refractivity contribution >= 4 is 32.9 Å². The lowest BCUT2D eigenvalue weighted by atomic mass is 10.6. The molecule has 0 aromatic carbocycles. The molecule has 0 radical (unpaired) electrons. The van der Waals surface area contributed by atoms with E-state index < -0.39 is 0 Å². The van der Waals surface area contributed by atoms with Gasteiger partial charge in [-0.25, -0.2) is 0 Å². The third-order valence-electron chi connectivity index (χ3n) is 1.06. The van der Waals surface area contributed by atoms with Gasteiger partial charge in [0.25, 0.3) is 0 Å². The van der Waals surface area contributed by atoms with Gasteiger partial charge in [0.15, 0.2) is 0 Å². The van der Waals surface area contributed by atoms with Crippen molar-refractivity contribution in [1.82, 2.24) is 4.90 Å². The summed E-state index contributed by atoms with van der Waals surface area (Å²) in [6.07, 6.45) is 0. The van der Waals surface area contributed by atoms with E-state index in [1.54, 1.807) is 0 Å². The van der Waals surface area contributed by atoms with E-state index in [2.05, 4.69) is 34.7 Å². The van der Waals surface area contributed by atoms with E-state index in [4.69, 9.17) is 0 Å². The first kappa shape index (κ1) is 11.7. The zero-order valence-corrected chi connectivity index (χ0v) is 8.65. The highest BCUT2D eigenvalue weighted by Gasteiger charge is 1.90. The molecule has 0 bridgehead atoms. The first-order valence-corrected chi connectivity index (χ1v) is 3.75. The molecular formula is C5H13Br2N. The van der Waals surface area contributed by atoms with Crippen LogP contribution in [0, 0.1) is 0 Å². The van der Waals surface area contributed by atoms with E-state index in [1.807, 2.05) is 0 Å². The van der Waals surface area contributed by atoms with Gasteiger partial charge in [0.2, 0.25) is 0 Å². The summed E-state index contributed by atoms with van der Waals surface area (Å²) in [4.78, 5) is 2.29. The fourth-order valence-electron chi connectivity index (χ4n) is 0.393. The number of halogens is 2. The molecule has 0 N–H and O–H groups in total. The Morgan fingerprint density at radius 3 is 1.62 bits per heavy atom. The highest BCUT2D eigenvalue weighted by molar-refractivity contribution is 9.09. The minimum atomic E-state index is 0. The Morgan fingerprint density at radius 1 is 1.25 bits per heavy atom. The zero-order chi connectivity index (χ0) is 5.70. The molecule has 0 fully saturated rings. The smallest absolute Gasteiger partial charge is 0.0542 e. The number of nitrogens with zero attached hydrogens (tertiary/aromatic N) is 1. The fraction of sp³-hybridized carbons (Fsp3) is 1.00. The van der Waals surface area contributed by atoms with E-state index in [1.165, 1.54) is 0 Å². The summed E-state index contributed by atoms with van der Waals surface area (Å²) in [6.45, 7) is 6.60. The van der Waals surface area contributed by atoms with Gasteiger partial charge in [-0.3, -0.25) is 4.90 Å². The van der Waals surface area contributed by atoms with Crippen molar-refractivity contribution in [1.29, 1.82) is 0 Å². The maximum absolute atomic E-state index is 3.36. The Bertz CT molecular complexity index is 31.9. The van der Waals surface area contributed by atoms with Crippen LogP contribution in [0.15, 0.2) is 0 Å². The molecule has 0 rings (SSSR count). The number of rotatable bonds is 3. The summed E-state index contributed by atoms with van der Waals surface area (Å²) < 4.78 is 0. The summed E-state index contributed by atoms with van der Waals surface area (Å²) in [5, 5.41) is 0. The van der Waals surface area contributed by atoms with E-state index in [9.17, 15) is 0 Å². The molecule has 1 nitrogen and oxygen atoms in total. The predicted molar refractivity (Wildman–Crippen MR) is 47.0 cm³/mol. The number of hydrogen-bond donors (Lipinski definition) is 0. The van der Waals surface area contributed by atoms with Crippen molar-refractivity contribution in [3.8, 4) is 0 Å². The summed E-state index contributed by atoms with van der Waals surface area (Å²) in [5.74, 6) is 0. The Balaban J connectivity index is 0. The van der Waals surface area contributed by atoms with Crippen LogP contribution in [0.2, 0.25) is 0 Å². The molecule has 0 aromatic rings. The van der Waals surface area contributed by atoms with Crippen molar-refractivity contribution < 1.29 is 0 Å². The van der Waals surface area contributed by atoms with Gasteiger partial charge in [0, 0.05) is 0 Å². The molecule has 8 heavy (non-hydrogen) atoms. The van der Waals surface area contributed by atoms with E-state index in [-0.39, 0.29) is 17.0 Å². The van der Waals surface area contributed by atoms with Crippen LogP contribution in [-0.4, -0.2) is 23.4 Å². The van der Waals surface area contributed by atoms with Crippen LogP contribution in [0.4, 0.5) is 0 Å². The van der Waals surface area contributed by atoms with Crippen LogP contribution in [0.3, 0.4) is 0 Å². The van der Waals surface area contributed by atoms with Crippen LogP contribution in [0.5, 0.6) is 0 Å². The minimum absolute atomic E-state index is 0. The Kier molecular flexibility index (Phi) is 11.6. The van der Waals surface area contributed by atoms with E-state index in [0.29, 0.717) is 0 Å². The molecule has 0 aliphatic heterocycles. The number of alkyl halides is 1. The highest BCUT2D eigenvalue weighted by Crippen LogP contribution is 1.89. The summed E-state index contributed by atoms with van der Waals surface area (Å²) in [6, 6.07) is 0. The van der Waals surface area contributed by atoms with Crippen LogP contribution in [0.25, 0.3) is 0 Å². The standard InChI is InChI=1S/C5H12BrN.BrH/c1-3-7(4-2)5-6;/h3-5H2,1-2H3;1H. The molecule has 0 unspecified atom stereocenters. The van der Waals surface area contributed by atoms with Crippen LogP contribution in [0.1, 0.15) is 13.8 Å². The lowest BCUT2D eigenvalue weighted by molar-refractivity contribution is 0.362. The maximum atomic E-state index is 3.36. The van der Waals surface area contributed by atoms with Gasteiger partial charge in [-0.05, 0) is 13.1 Å². The van der Waals surface area contributed by atoms with Crippen molar-refractivity contribution in [2.75, 3.05) is 18.5 Å². The zero-order valence-electron chi connectivity index (χ0n) is 5.35. The lowest BCUT2D eigenvalue weighted by Gasteiger charge is -2.12. The molecule has 0 saturated heterocycles. The molecular weight excluding hydrogens is 234 g/mol. The largest absolute Gasteiger partial charge is 0.294 e. The van der Waals surface area contributed by atoms with Crippen LogP contribution >= 0.6 is 32.9 Å². The monoisotopic (exact) mass is 245 g/mol. The van der Waals surface area contributed by atoms with Crippen molar-refractivity contribution in [3.05, 3.63) is 0 Å². The van der Waals surface area contributed by atoms with Gasteiger partial charge < -0.3 is 0 Å². The van der Waals surface area contributed by atoms with Crippen LogP contribution in [-0.2, 0) is 0 Å². The third-order valence-corrected chi connectivity index (χ3v) is 1.77. The summed E-state index contributed by atoms with van der Waals surface area (Å²) in [5.41, 5.74) is 1.00. The molecule has 0 atom stereocenters. The van der Waals surface area contributed by atoms with Crippen molar-refractivity contribution in [2.24, 2.45) is 0 Å². The lowest BCUT2D eigenvalue weighted by Crippen LogP contribution is -2.20. The van der Waals surface area contributed by atoms with E-state index in [0.717, 1.165) is 18.5 Å². The average Bonchev–Trinajstić information content (AvgIpc) is 1.72. The first-order chi connectivity index (χ1) is 3.35. The Labute approximate surface area is 70.3 Å². The van der Waals surface area contributed by atoms with Gasteiger partial charge in [0.1, 0.15) is 0 Å². The molecule has 0 aliphatic carbocycles. The van der Waals surface area contributed by atoms with Gasteiger partial charge in [-0.1, -0.05) is 29.8 Å². The number of hydrogen-bond acceptors (Lipinski definition) is 1. The van der Waals surface area contributed by atoms with Crippen LogP contribution < -0.4 is 0 Å². The van der Waals surface area contributed by atoms with Gasteiger partial charge >= 0.3 is 0 Å². The summed E-state index contributed by atoms with van der Waals surface area (Å²) in [7, 11) is 0. The normalized spacial score (nSPS) is 9.00. The summed E-state index contributed by atoms with van der Waals surface area (Å²) >= 11 is 3.36. The van der Waals surface area contributed by atoms with Gasteiger partial charge in [-0.2, -0.15) is 0 Å². The van der Waals surface area contributed by atoms with Crippen molar-refractivity contribution in [3.63, 3.8) is 0 Å². The fourth-order valence-corrected chi connectivity index (χ4v) is 1.10. The van der Waals surface area contributed by atoms with Gasteiger partial charge in [-0.15, -0.1) is 17.0 Å². The molecule has 0 saturated carbocycles. The highest BCUT2D eigenvalue weighted by atomic mass is 79.9. The maximum Gasteiger partial charge on any atom is 0.0542 e. The first-order valence-electron chi connectivity index (χ1n) is 2.63. The van der Waals surface area contributed by atoms with E-state index >= 15 is 0 Å². The molecule has 0 heterocycles. The molecule has 0 spiro atoms. The van der Waals surface area contributed by atoms with Crippen molar-refractivity contribution in [2.45, 2.75) is 13.8 Å². The minimum Gasteiger partial charge on any atom is -0.294 e. The molecule has 0 aromatic heterocycles.